The van der Waals surface area contributed by atoms with Crippen LogP contribution in [-0.4, -0.2) is 39.9 Å². The second-order valence-electron chi connectivity index (χ2n) is 4.64. The Kier molecular flexibility index (Phi) is 4.12. The third kappa shape index (κ3) is 3.18. The summed E-state index contributed by atoms with van der Waals surface area (Å²) in [4.78, 5) is 21.7. The number of nitrogens with zero attached hydrogens (tertiary/aromatic N) is 3. The molecule has 1 saturated heterocycles. The number of piperidine rings is 1. The van der Waals surface area contributed by atoms with Gasteiger partial charge in [0, 0.05) is 38.7 Å². The molecule has 5 heteroatoms. The number of aryl methyl sites for hydroxylation is 1. The number of hydrogen-bond acceptors (Lipinski definition) is 4. The second kappa shape index (κ2) is 5.80. The summed E-state index contributed by atoms with van der Waals surface area (Å²) in [5.41, 5.74) is 0. The second-order valence-corrected chi connectivity index (χ2v) is 4.64. The molecule has 1 aromatic heterocycles. The van der Waals surface area contributed by atoms with Gasteiger partial charge in [-0.2, -0.15) is 0 Å². The zero-order valence-electron chi connectivity index (χ0n) is 11.0. The van der Waals surface area contributed by atoms with Crippen LogP contribution in [0.3, 0.4) is 0 Å². The first-order valence-electron chi connectivity index (χ1n) is 6.53. The number of nitrogens with one attached hydrogen (secondary N) is 1. The van der Waals surface area contributed by atoms with Crippen molar-refractivity contribution in [1.82, 2.24) is 14.9 Å². The summed E-state index contributed by atoms with van der Waals surface area (Å²) < 4.78 is 0. The first-order chi connectivity index (χ1) is 8.69. The van der Waals surface area contributed by atoms with E-state index >= 15 is 0 Å². The molecule has 98 valence electrons. The number of likely N-dealkylation sites (tertiary alicyclic amines) is 1. The highest BCUT2D eigenvalue weighted by Crippen LogP contribution is 2.15. The SMILES string of the molecule is CCc1nccc(NC2CCN(C(C)=O)CC2)n1. The largest absolute Gasteiger partial charge is 0.367 e. The maximum Gasteiger partial charge on any atom is 0.219 e. The van der Waals surface area contributed by atoms with Crippen molar-refractivity contribution in [3.8, 4) is 0 Å². The lowest BCUT2D eigenvalue weighted by Gasteiger charge is -2.31. The molecule has 1 aromatic rings. The highest BCUT2D eigenvalue weighted by Gasteiger charge is 2.20. The normalized spacial score (nSPS) is 16.7. The van der Waals surface area contributed by atoms with Crippen molar-refractivity contribution in [1.29, 1.82) is 0 Å². The molecule has 0 atom stereocenters. The Labute approximate surface area is 108 Å². The highest BCUT2D eigenvalue weighted by molar-refractivity contribution is 5.73. The minimum atomic E-state index is 0.170. The summed E-state index contributed by atoms with van der Waals surface area (Å²) in [5, 5.41) is 3.43. The van der Waals surface area contributed by atoms with Gasteiger partial charge in [-0.25, -0.2) is 9.97 Å². The van der Waals surface area contributed by atoms with Crippen LogP contribution in [0.1, 0.15) is 32.5 Å². The zero-order chi connectivity index (χ0) is 13.0. The Morgan fingerprint density at radius 2 is 2.22 bits per heavy atom. The van der Waals surface area contributed by atoms with Gasteiger partial charge in [0.25, 0.3) is 0 Å². The topological polar surface area (TPSA) is 58.1 Å². The van der Waals surface area contributed by atoms with Crippen molar-refractivity contribution in [3.63, 3.8) is 0 Å². The third-order valence-corrected chi connectivity index (χ3v) is 3.31. The molecule has 5 nitrogen and oxygen atoms in total. The smallest absolute Gasteiger partial charge is 0.219 e. The fourth-order valence-electron chi connectivity index (χ4n) is 2.20. The molecule has 0 spiro atoms. The molecule has 0 radical (unpaired) electrons. The fraction of sp³-hybridized carbons (Fsp3) is 0.615. The predicted molar refractivity (Wildman–Crippen MR) is 70.3 cm³/mol. The van der Waals surface area contributed by atoms with E-state index in [0.29, 0.717) is 6.04 Å². The van der Waals surface area contributed by atoms with E-state index in [1.807, 2.05) is 17.9 Å². The van der Waals surface area contributed by atoms with Gasteiger partial charge in [-0.3, -0.25) is 4.79 Å². The van der Waals surface area contributed by atoms with E-state index < -0.39 is 0 Å². The van der Waals surface area contributed by atoms with Crippen molar-refractivity contribution >= 4 is 11.7 Å². The molecular weight excluding hydrogens is 228 g/mol. The van der Waals surface area contributed by atoms with Gasteiger partial charge < -0.3 is 10.2 Å². The number of hydrogen-bond donors (Lipinski definition) is 1. The maximum absolute atomic E-state index is 11.2. The molecule has 1 aliphatic heterocycles. The molecule has 18 heavy (non-hydrogen) atoms. The van der Waals surface area contributed by atoms with Crippen molar-refractivity contribution < 1.29 is 4.79 Å². The van der Waals surface area contributed by atoms with Gasteiger partial charge in [0.15, 0.2) is 0 Å². The van der Waals surface area contributed by atoms with Crippen molar-refractivity contribution in [3.05, 3.63) is 18.1 Å². The van der Waals surface area contributed by atoms with Gasteiger partial charge in [0.2, 0.25) is 5.91 Å². The summed E-state index contributed by atoms with van der Waals surface area (Å²) in [5.74, 6) is 1.92. The highest BCUT2D eigenvalue weighted by atomic mass is 16.2. The van der Waals surface area contributed by atoms with E-state index in [1.54, 1.807) is 13.1 Å². The molecule has 0 saturated carbocycles. The van der Waals surface area contributed by atoms with Crippen LogP contribution < -0.4 is 5.32 Å². The molecule has 1 amide bonds. The summed E-state index contributed by atoms with van der Waals surface area (Å²) in [6.45, 7) is 5.34. The molecule has 0 bridgehead atoms. The van der Waals surface area contributed by atoms with Crippen LogP contribution in [0.2, 0.25) is 0 Å². The summed E-state index contributed by atoms with van der Waals surface area (Å²) >= 11 is 0. The van der Waals surface area contributed by atoms with Crippen LogP contribution in [0.4, 0.5) is 5.82 Å². The molecule has 1 aliphatic rings. The predicted octanol–water partition coefficient (Wildman–Crippen LogP) is 1.46. The van der Waals surface area contributed by atoms with Gasteiger partial charge in [0.1, 0.15) is 11.6 Å². The molecular formula is C13H20N4O. The van der Waals surface area contributed by atoms with Crippen LogP contribution >= 0.6 is 0 Å². The number of anilines is 1. The number of amides is 1. The Morgan fingerprint density at radius 3 is 2.83 bits per heavy atom. The fourth-order valence-corrected chi connectivity index (χ4v) is 2.20. The van der Waals surface area contributed by atoms with Crippen LogP contribution in [0.15, 0.2) is 12.3 Å². The first kappa shape index (κ1) is 12.8. The van der Waals surface area contributed by atoms with Crippen molar-refractivity contribution in [2.45, 2.75) is 39.2 Å². The van der Waals surface area contributed by atoms with Crippen molar-refractivity contribution in [2.75, 3.05) is 18.4 Å². The molecule has 0 aromatic carbocycles. The number of carbonyl (C=O) groups is 1. The minimum absolute atomic E-state index is 0.170. The summed E-state index contributed by atoms with van der Waals surface area (Å²) in [7, 11) is 0. The van der Waals surface area contributed by atoms with E-state index in [9.17, 15) is 4.79 Å². The van der Waals surface area contributed by atoms with Gasteiger partial charge in [-0.1, -0.05) is 6.92 Å². The Bertz CT molecular complexity index is 413. The third-order valence-electron chi connectivity index (χ3n) is 3.31. The van der Waals surface area contributed by atoms with E-state index in [2.05, 4.69) is 15.3 Å². The van der Waals surface area contributed by atoms with E-state index in [-0.39, 0.29) is 5.91 Å². The van der Waals surface area contributed by atoms with Crippen LogP contribution in [0, 0.1) is 0 Å². The van der Waals surface area contributed by atoms with Gasteiger partial charge in [0.05, 0.1) is 0 Å². The lowest BCUT2D eigenvalue weighted by Crippen LogP contribution is -2.41. The first-order valence-corrected chi connectivity index (χ1v) is 6.53. The summed E-state index contributed by atoms with van der Waals surface area (Å²) in [6, 6.07) is 2.30. The van der Waals surface area contributed by atoms with E-state index in [4.69, 9.17) is 0 Å². The minimum Gasteiger partial charge on any atom is -0.367 e. The molecule has 1 fully saturated rings. The molecule has 1 N–H and O–H groups in total. The summed E-state index contributed by atoms with van der Waals surface area (Å²) in [6.07, 6.45) is 4.59. The number of rotatable bonds is 3. The quantitative estimate of drug-likeness (QED) is 0.880. The Balaban J connectivity index is 1.89. The number of carbonyl (C=O) groups excluding carboxylic acids is 1. The average molecular weight is 248 g/mol. The zero-order valence-corrected chi connectivity index (χ0v) is 11.0. The molecule has 2 rings (SSSR count). The van der Waals surface area contributed by atoms with Crippen LogP contribution in [0.5, 0.6) is 0 Å². The van der Waals surface area contributed by atoms with Gasteiger partial charge in [-0.05, 0) is 18.9 Å². The lowest BCUT2D eigenvalue weighted by molar-refractivity contribution is -0.129. The Hall–Kier alpha value is -1.65. The maximum atomic E-state index is 11.2. The monoisotopic (exact) mass is 248 g/mol. The molecule has 0 unspecified atom stereocenters. The number of aromatic nitrogens is 2. The van der Waals surface area contributed by atoms with Crippen LogP contribution in [0.25, 0.3) is 0 Å². The van der Waals surface area contributed by atoms with Gasteiger partial charge >= 0.3 is 0 Å². The molecule has 2 heterocycles. The standard InChI is InChI=1S/C13H20N4O/c1-3-12-14-7-4-13(16-12)15-11-5-8-17(9-6-11)10(2)18/h4,7,11H,3,5-6,8-9H2,1-2H3,(H,14,15,16). The van der Waals surface area contributed by atoms with Crippen molar-refractivity contribution in [2.24, 2.45) is 0 Å². The van der Waals surface area contributed by atoms with Crippen LogP contribution in [-0.2, 0) is 11.2 Å². The molecule has 0 aliphatic carbocycles. The Morgan fingerprint density at radius 1 is 1.50 bits per heavy atom. The lowest BCUT2D eigenvalue weighted by atomic mass is 10.1. The van der Waals surface area contributed by atoms with Gasteiger partial charge in [-0.15, -0.1) is 0 Å². The average Bonchev–Trinajstić information content (AvgIpc) is 2.39. The van der Waals surface area contributed by atoms with E-state index in [0.717, 1.165) is 44.0 Å². The van der Waals surface area contributed by atoms with E-state index in [1.165, 1.54) is 0 Å².